The van der Waals surface area contributed by atoms with E-state index in [1.54, 1.807) is 0 Å². The van der Waals surface area contributed by atoms with E-state index in [2.05, 4.69) is 36.2 Å². The highest BCUT2D eigenvalue weighted by Crippen LogP contribution is 2.58. The monoisotopic (exact) mass is 355 g/mol. The first-order chi connectivity index (χ1) is 12.6. The van der Waals surface area contributed by atoms with E-state index in [9.17, 15) is 0 Å². The molecule has 1 saturated heterocycles. The first-order valence-corrected chi connectivity index (χ1v) is 11.0. The lowest BCUT2D eigenvalue weighted by Crippen LogP contribution is -2.52. The van der Waals surface area contributed by atoms with Crippen LogP contribution in [0.1, 0.15) is 58.8 Å². The number of fused-ring (bicyclic) bond motifs is 1. The number of nitrogens with one attached hydrogen (secondary N) is 1. The van der Waals surface area contributed by atoms with Crippen LogP contribution in [0, 0.1) is 23.7 Å². The third-order valence-corrected chi connectivity index (χ3v) is 7.73. The van der Waals surface area contributed by atoms with E-state index in [4.69, 9.17) is 5.73 Å². The van der Waals surface area contributed by atoms with E-state index >= 15 is 0 Å². The fourth-order valence-electron chi connectivity index (χ4n) is 6.22. The van der Waals surface area contributed by atoms with Crippen LogP contribution in [-0.4, -0.2) is 30.1 Å². The van der Waals surface area contributed by atoms with E-state index in [1.165, 1.54) is 51.5 Å². The van der Waals surface area contributed by atoms with E-state index < -0.39 is 0 Å². The second-order valence-corrected chi connectivity index (χ2v) is 9.31. The van der Waals surface area contributed by atoms with E-state index in [0.29, 0.717) is 0 Å². The predicted octanol–water partition coefficient (Wildman–Crippen LogP) is 5.00. The summed E-state index contributed by atoms with van der Waals surface area (Å²) >= 11 is 0. The molecule has 1 aromatic rings. The lowest BCUT2D eigenvalue weighted by atomic mass is 9.48. The molecule has 3 nitrogen and oxygen atoms in total. The Balaban J connectivity index is 1.27. The van der Waals surface area contributed by atoms with E-state index in [-0.39, 0.29) is 0 Å². The zero-order valence-electron chi connectivity index (χ0n) is 16.7. The zero-order chi connectivity index (χ0) is 18.1. The van der Waals surface area contributed by atoms with Gasteiger partial charge < -0.3 is 11.1 Å². The Morgan fingerprint density at radius 3 is 2.73 bits per heavy atom. The molecule has 2 aliphatic carbocycles. The highest BCUT2D eigenvalue weighted by atomic mass is 15.2. The maximum absolute atomic E-state index is 6.06. The number of hydrogen-bond donors (Lipinski definition) is 2. The molecule has 3 N–H and O–H groups in total. The minimum atomic E-state index is 0.742. The number of likely N-dealkylation sites (tertiary alicyclic amines) is 1. The molecule has 3 aliphatic rings. The predicted molar refractivity (Wildman–Crippen MR) is 111 cm³/mol. The Morgan fingerprint density at radius 1 is 1.12 bits per heavy atom. The van der Waals surface area contributed by atoms with Crippen LogP contribution in [0.5, 0.6) is 0 Å². The number of para-hydroxylation sites is 2. The van der Waals surface area contributed by atoms with Gasteiger partial charge in [0.2, 0.25) is 0 Å². The molecule has 2 saturated carbocycles. The molecule has 0 bridgehead atoms. The minimum Gasteiger partial charge on any atom is -0.397 e. The Kier molecular flexibility index (Phi) is 5.45. The summed E-state index contributed by atoms with van der Waals surface area (Å²) in [5.41, 5.74) is 8.00. The van der Waals surface area contributed by atoms with Gasteiger partial charge in [0.1, 0.15) is 0 Å². The molecular formula is C23H37N3. The second kappa shape index (κ2) is 7.80. The van der Waals surface area contributed by atoms with Crippen molar-refractivity contribution >= 4 is 11.4 Å². The van der Waals surface area contributed by atoms with Crippen molar-refractivity contribution in [3.63, 3.8) is 0 Å². The van der Waals surface area contributed by atoms with Gasteiger partial charge in [0.25, 0.3) is 0 Å². The first-order valence-electron chi connectivity index (χ1n) is 11.0. The molecule has 144 valence electrons. The average Bonchev–Trinajstić information content (AvgIpc) is 2.60. The molecule has 0 spiro atoms. The summed E-state index contributed by atoms with van der Waals surface area (Å²) in [5.74, 6) is 4.22. The van der Waals surface area contributed by atoms with Crippen LogP contribution >= 0.6 is 0 Å². The molecular weight excluding hydrogens is 318 g/mol. The molecule has 6 atom stereocenters. The van der Waals surface area contributed by atoms with E-state index in [0.717, 1.165) is 53.7 Å². The van der Waals surface area contributed by atoms with Gasteiger partial charge in [-0.25, -0.2) is 0 Å². The fraction of sp³-hybridized carbons (Fsp3) is 0.739. The largest absolute Gasteiger partial charge is 0.397 e. The average molecular weight is 356 g/mol. The molecule has 1 unspecified atom stereocenters. The van der Waals surface area contributed by atoms with Gasteiger partial charge in [-0.3, -0.25) is 4.90 Å². The van der Waals surface area contributed by atoms with Crippen LogP contribution in [0.4, 0.5) is 11.4 Å². The van der Waals surface area contributed by atoms with Crippen LogP contribution in [0.15, 0.2) is 24.3 Å². The summed E-state index contributed by atoms with van der Waals surface area (Å²) in [6.45, 7) is 7.26. The van der Waals surface area contributed by atoms with Crippen molar-refractivity contribution in [2.24, 2.45) is 23.7 Å². The van der Waals surface area contributed by atoms with Crippen molar-refractivity contribution in [3.8, 4) is 0 Å². The Hall–Kier alpha value is -1.22. The minimum absolute atomic E-state index is 0.742. The summed E-state index contributed by atoms with van der Waals surface area (Å²) in [7, 11) is 0. The van der Waals surface area contributed by atoms with E-state index in [1.807, 2.05) is 12.1 Å². The van der Waals surface area contributed by atoms with Crippen molar-refractivity contribution < 1.29 is 0 Å². The zero-order valence-corrected chi connectivity index (χ0v) is 16.7. The fourth-order valence-corrected chi connectivity index (χ4v) is 6.22. The van der Waals surface area contributed by atoms with Crippen LogP contribution in [-0.2, 0) is 0 Å². The van der Waals surface area contributed by atoms with Gasteiger partial charge in [0.15, 0.2) is 0 Å². The Morgan fingerprint density at radius 2 is 1.96 bits per heavy atom. The third kappa shape index (κ3) is 3.60. The Bertz CT molecular complexity index is 597. The smallest absolute Gasteiger partial charge is 0.0573 e. The van der Waals surface area contributed by atoms with Crippen LogP contribution in [0.3, 0.4) is 0 Å². The topological polar surface area (TPSA) is 41.3 Å². The normalized spacial score (nSPS) is 36.7. The van der Waals surface area contributed by atoms with Gasteiger partial charge in [-0.1, -0.05) is 25.5 Å². The first kappa shape index (κ1) is 18.2. The quantitative estimate of drug-likeness (QED) is 0.677. The molecule has 3 heteroatoms. The molecule has 1 heterocycles. The van der Waals surface area contributed by atoms with Crippen molar-refractivity contribution in [2.45, 2.75) is 70.9 Å². The molecule has 26 heavy (non-hydrogen) atoms. The van der Waals surface area contributed by atoms with Crippen LogP contribution < -0.4 is 11.1 Å². The number of hydrogen-bond acceptors (Lipinski definition) is 3. The SMILES string of the molecule is C[C@@H]1C[C@@H]2C[C@H](CCN3[C@@H](CCNc4ccccc4N)CCC[C@H]3C)C21. The van der Waals surface area contributed by atoms with Gasteiger partial charge in [-0.05, 0) is 87.8 Å². The van der Waals surface area contributed by atoms with Gasteiger partial charge >= 0.3 is 0 Å². The molecule has 0 aromatic heterocycles. The van der Waals surface area contributed by atoms with Gasteiger partial charge in [-0.2, -0.15) is 0 Å². The summed E-state index contributed by atoms with van der Waals surface area (Å²) in [6.07, 6.45) is 9.83. The highest BCUT2D eigenvalue weighted by molar-refractivity contribution is 5.65. The van der Waals surface area contributed by atoms with Gasteiger partial charge in [0, 0.05) is 18.6 Å². The van der Waals surface area contributed by atoms with Crippen molar-refractivity contribution in [2.75, 3.05) is 24.1 Å². The lowest BCUT2D eigenvalue weighted by Gasteiger charge is -2.58. The number of nitrogens with zero attached hydrogens (tertiary/aromatic N) is 1. The lowest BCUT2D eigenvalue weighted by molar-refractivity contribution is -0.0894. The molecule has 3 fully saturated rings. The molecule has 1 aromatic carbocycles. The number of piperidine rings is 1. The van der Waals surface area contributed by atoms with Gasteiger partial charge in [-0.15, -0.1) is 0 Å². The summed E-state index contributed by atoms with van der Waals surface area (Å²) in [6, 6.07) is 9.62. The summed E-state index contributed by atoms with van der Waals surface area (Å²) < 4.78 is 0. The number of benzene rings is 1. The van der Waals surface area contributed by atoms with Crippen molar-refractivity contribution in [1.82, 2.24) is 4.90 Å². The molecule has 4 rings (SSSR count). The summed E-state index contributed by atoms with van der Waals surface area (Å²) in [5, 5.41) is 3.56. The maximum atomic E-state index is 6.06. The number of nitrogen functional groups attached to an aromatic ring is 1. The Labute approximate surface area is 159 Å². The third-order valence-electron chi connectivity index (χ3n) is 7.73. The maximum Gasteiger partial charge on any atom is 0.0573 e. The van der Waals surface area contributed by atoms with Gasteiger partial charge in [0.05, 0.1) is 11.4 Å². The van der Waals surface area contributed by atoms with Crippen molar-refractivity contribution in [1.29, 1.82) is 0 Å². The second-order valence-electron chi connectivity index (χ2n) is 9.31. The number of nitrogens with two attached hydrogens (primary N) is 1. The number of rotatable bonds is 7. The van der Waals surface area contributed by atoms with Crippen LogP contribution in [0.25, 0.3) is 0 Å². The molecule has 1 aliphatic heterocycles. The highest BCUT2D eigenvalue weighted by Gasteiger charge is 2.51. The molecule has 0 radical (unpaired) electrons. The number of anilines is 2. The molecule has 0 amide bonds. The standard InChI is InChI=1S/C23H37N3/c1-16-14-19-15-18(23(16)19)11-13-26-17(2)6-5-7-20(26)10-12-25-22-9-4-3-8-21(22)24/h3-4,8-9,16-20,23,25H,5-7,10-15,24H2,1-2H3/t16-,17-,18+,19-,20-,23?/m1/s1. The van der Waals surface area contributed by atoms with Crippen LogP contribution in [0.2, 0.25) is 0 Å². The van der Waals surface area contributed by atoms with Crippen molar-refractivity contribution in [3.05, 3.63) is 24.3 Å². The summed E-state index contributed by atoms with van der Waals surface area (Å²) in [4.78, 5) is 2.84.